The minimum Gasteiger partial charge on any atom is -0.481 e. The number of carboxylic acids is 2. The molecule has 2 atom stereocenters. The van der Waals surface area contributed by atoms with Gasteiger partial charge in [-0.1, -0.05) is 6.07 Å². The van der Waals surface area contributed by atoms with E-state index >= 15 is 0 Å². The van der Waals surface area contributed by atoms with E-state index < -0.39 is 32.1 Å². The lowest BCUT2D eigenvalue weighted by Crippen LogP contribution is -2.24. The van der Waals surface area contributed by atoms with Gasteiger partial charge in [0.2, 0.25) is 0 Å². The summed E-state index contributed by atoms with van der Waals surface area (Å²) < 4.78 is 16.4. The Kier molecular flexibility index (Phi) is 5.68. The van der Waals surface area contributed by atoms with E-state index in [0.29, 0.717) is 4.88 Å². The van der Waals surface area contributed by atoms with Gasteiger partial charge in [0.25, 0.3) is 0 Å². The molecule has 2 unspecified atom stereocenters. The lowest BCUT2D eigenvalue weighted by Gasteiger charge is -2.17. The molecule has 7 nitrogen and oxygen atoms in total. The van der Waals surface area contributed by atoms with Crippen molar-refractivity contribution >= 4 is 30.9 Å². The molecular formula is C10H13O7PS. The molecule has 0 aliphatic carbocycles. The minimum absolute atomic E-state index is 0.290. The van der Waals surface area contributed by atoms with E-state index in [1.807, 2.05) is 0 Å². The van der Waals surface area contributed by atoms with E-state index in [9.17, 15) is 19.0 Å². The first-order valence-electron chi connectivity index (χ1n) is 5.27. The molecule has 0 fully saturated rings. The molecule has 0 saturated heterocycles. The highest BCUT2D eigenvalue weighted by Gasteiger charge is 2.30. The number of hydrogen-bond donors (Lipinski definition) is 3. The van der Waals surface area contributed by atoms with Crippen LogP contribution in [0.2, 0.25) is 0 Å². The maximum atomic E-state index is 11.8. The van der Waals surface area contributed by atoms with Gasteiger partial charge in [-0.2, -0.15) is 0 Å². The van der Waals surface area contributed by atoms with Crippen molar-refractivity contribution in [3.05, 3.63) is 22.4 Å². The molecule has 9 heteroatoms. The zero-order chi connectivity index (χ0) is 14.5. The first-order valence-corrected chi connectivity index (χ1v) is 7.91. The smallest absolute Gasteiger partial charge is 0.334 e. The van der Waals surface area contributed by atoms with Gasteiger partial charge in [0.05, 0.1) is 6.16 Å². The number of thiophene rings is 1. The second kappa shape index (κ2) is 6.81. The third-order valence-electron chi connectivity index (χ3n) is 2.12. The summed E-state index contributed by atoms with van der Waals surface area (Å²) in [6.45, 7) is 0. The molecule has 19 heavy (non-hydrogen) atoms. The third kappa shape index (κ3) is 5.98. The van der Waals surface area contributed by atoms with Crippen LogP contribution in [0.1, 0.15) is 17.7 Å². The first-order chi connectivity index (χ1) is 8.80. The largest absolute Gasteiger partial charge is 0.481 e. The highest BCUT2D eigenvalue weighted by atomic mass is 32.1. The van der Waals surface area contributed by atoms with Gasteiger partial charge in [-0.3, -0.25) is 13.9 Å². The average Bonchev–Trinajstić information content (AvgIpc) is 2.75. The van der Waals surface area contributed by atoms with Gasteiger partial charge in [-0.05, 0) is 17.9 Å². The van der Waals surface area contributed by atoms with Crippen LogP contribution in [0.4, 0.5) is 0 Å². The van der Waals surface area contributed by atoms with Crippen LogP contribution >= 0.6 is 18.9 Å². The van der Waals surface area contributed by atoms with Crippen LogP contribution in [0.5, 0.6) is 0 Å². The molecule has 106 valence electrons. The Morgan fingerprint density at radius 1 is 1.42 bits per heavy atom. The van der Waals surface area contributed by atoms with Crippen LogP contribution in [0, 0.1) is 0 Å². The number of carbonyl (C=O) groups is 2. The minimum atomic E-state index is -4.11. The molecule has 1 rings (SSSR count). The Bertz CT molecular complexity index is 484. The van der Waals surface area contributed by atoms with E-state index in [-0.39, 0.29) is 12.6 Å². The summed E-state index contributed by atoms with van der Waals surface area (Å²) >= 11 is 1.25. The highest BCUT2D eigenvalue weighted by Crippen LogP contribution is 2.48. The molecule has 0 radical (unpaired) electrons. The predicted molar refractivity (Wildman–Crippen MR) is 67.2 cm³/mol. The fourth-order valence-electron chi connectivity index (χ4n) is 1.31. The average molecular weight is 308 g/mol. The molecule has 0 saturated carbocycles. The second-order valence-corrected chi connectivity index (χ2v) is 6.57. The molecule has 0 aliphatic rings. The first kappa shape index (κ1) is 15.8. The molecule has 0 aliphatic heterocycles. The number of hydrogen-bond acceptors (Lipinski definition) is 5. The molecule has 0 spiro atoms. The molecule has 1 aromatic heterocycles. The fourth-order valence-corrected chi connectivity index (χ4v) is 3.76. The Morgan fingerprint density at radius 2 is 2.11 bits per heavy atom. The van der Waals surface area contributed by atoms with Crippen LogP contribution in [0.15, 0.2) is 17.5 Å². The van der Waals surface area contributed by atoms with E-state index in [4.69, 9.17) is 10.2 Å². The summed E-state index contributed by atoms with van der Waals surface area (Å²) in [5.41, 5.74) is 0. The normalized spacial score (nSPS) is 15.6. The van der Waals surface area contributed by atoms with Crippen molar-refractivity contribution in [3.63, 3.8) is 0 Å². The van der Waals surface area contributed by atoms with Crippen molar-refractivity contribution in [2.75, 3.05) is 0 Å². The van der Waals surface area contributed by atoms with Gasteiger partial charge >= 0.3 is 19.5 Å². The standard InChI is InChI=1S/C10H13O7PS/c11-9(12)4-3-8(10(13)14)17-18(15,16)6-7-2-1-5-19-7/h1-2,5,8H,3-4,6H2,(H,11,12)(H,13,14)(H,15,16). The van der Waals surface area contributed by atoms with E-state index in [1.54, 1.807) is 17.5 Å². The molecule has 0 bridgehead atoms. The third-order valence-corrected chi connectivity index (χ3v) is 4.54. The van der Waals surface area contributed by atoms with Crippen LogP contribution in [0.3, 0.4) is 0 Å². The Morgan fingerprint density at radius 3 is 2.58 bits per heavy atom. The van der Waals surface area contributed by atoms with Crippen LogP contribution in [-0.4, -0.2) is 33.1 Å². The number of rotatable bonds is 8. The van der Waals surface area contributed by atoms with Crippen molar-refractivity contribution in [3.8, 4) is 0 Å². The van der Waals surface area contributed by atoms with Crippen LogP contribution in [-0.2, 0) is 24.8 Å². The zero-order valence-electron chi connectivity index (χ0n) is 9.76. The molecule has 1 aromatic rings. The van der Waals surface area contributed by atoms with Crippen LogP contribution in [0.25, 0.3) is 0 Å². The Labute approximate surface area is 113 Å². The Hall–Kier alpha value is -1.21. The molecule has 0 amide bonds. The predicted octanol–water partition coefficient (Wildman–Crippen LogP) is 1.77. The van der Waals surface area contributed by atoms with Gasteiger partial charge in [0, 0.05) is 11.3 Å². The van der Waals surface area contributed by atoms with Gasteiger partial charge in [0.15, 0.2) is 6.10 Å². The summed E-state index contributed by atoms with van der Waals surface area (Å²) in [4.78, 5) is 31.4. The monoisotopic (exact) mass is 308 g/mol. The van der Waals surface area contributed by atoms with E-state index in [1.165, 1.54) is 11.3 Å². The molecule has 3 N–H and O–H groups in total. The summed E-state index contributed by atoms with van der Waals surface area (Å²) in [5.74, 6) is -2.65. The van der Waals surface area contributed by atoms with Crippen molar-refractivity contribution in [2.24, 2.45) is 0 Å². The van der Waals surface area contributed by atoms with Gasteiger partial charge < -0.3 is 15.1 Å². The zero-order valence-corrected chi connectivity index (χ0v) is 11.5. The van der Waals surface area contributed by atoms with Gasteiger partial charge in [0.1, 0.15) is 0 Å². The fraction of sp³-hybridized carbons (Fsp3) is 0.400. The number of carboxylic acid groups (broad SMARTS) is 2. The summed E-state index contributed by atoms with van der Waals surface area (Å²) in [5, 5.41) is 19.0. The second-order valence-electron chi connectivity index (χ2n) is 3.74. The number of aliphatic carboxylic acids is 2. The quantitative estimate of drug-likeness (QED) is 0.626. The lowest BCUT2D eigenvalue weighted by molar-refractivity contribution is -0.146. The van der Waals surface area contributed by atoms with Gasteiger partial charge in [-0.15, -0.1) is 11.3 Å². The lowest BCUT2D eigenvalue weighted by atomic mass is 10.2. The van der Waals surface area contributed by atoms with E-state index in [2.05, 4.69) is 4.52 Å². The maximum absolute atomic E-state index is 11.8. The van der Waals surface area contributed by atoms with Crippen LogP contribution < -0.4 is 0 Å². The summed E-state index contributed by atoms with van der Waals surface area (Å²) in [6.07, 6.45) is -2.70. The molecule has 0 aromatic carbocycles. The Balaban J connectivity index is 2.63. The maximum Gasteiger partial charge on any atom is 0.334 e. The van der Waals surface area contributed by atoms with Crippen molar-refractivity contribution in [1.82, 2.24) is 0 Å². The van der Waals surface area contributed by atoms with E-state index in [0.717, 1.165) is 0 Å². The summed E-state index contributed by atoms with van der Waals surface area (Å²) in [6, 6.07) is 3.32. The summed E-state index contributed by atoms with van der Waals surface area (Å²) in [7, 11) is -4.11. The SMILES string of the molecule is O=C(O)CCC(OP(=O)(O)Cc1cccs1)C(=O)O. The van der Waals surface area contributed by atoms with Gasteiger partial charge in [-0.25, -0.2) is 4.79 Å². The molecular weight excluding hydrogens is 295 g/mol. The molecule has 1 heterocycles. The van der Waals surface area contributed by atoms with Crippen molar-refractivity contribution < 1.29 is 33.8 Å². The topological polar surface area (TPSA) is 121 Å². The van der Waals surface area contributed by atoms with Crippen molar-refractivity contribution in [1.29, 1.82) is 0 Å². The highest BCUT2D eigenvalue weighted by molar-refractivity contribution is 7.52. The van der Waals surface area contributed by atoms with Crippen molar-refractivity contribution in [2.45, 2.75) is 25.1 Å².